The lowest BCUT2D eigenvalue weighted by Crippen LogP contribution is -2.56. The number of aliphatic hydroxyl groups excluding tert-OH is 1. The number of hydrogen-bond acceptors (Lipinski definition) is 8. The standard InChI is InChI=1S/C22H26BrN5O6/c1-2-33-21(32)15-16-20(31)27(8-5-9-29)18(22(16)10-12(23)17(15)34-22)19(30)24-11-28-14-7-4-3-6-13(14)25-26-28/h3-4,6-7,12,15-18,29H,2,5,8-11H2,1H3,(H,24,30)/t12?,15-,16+,17-,18-,22+/m0/s1. The zero-order valence-corrected chi connectivity index (χ0v) is 20.2. The van der Waals surface area contributed by atoms with Gasteiger partial charge in [0.2, 0.25) is 11.8 Å². The number of rotatable bonds is 8. The van der Waals surface area contributed by atoms with Gasteiger partial charge in [-0.2, -0.15) is 0 Å². The normalized spacial score (nSPS) is 31.8. The number of fused-ring (bicyclic) bond motifs is 2. The molecule has 2 aromatic rings. The van der Waals surface area contributed by atoms with Crippen molar-refractivity contribution >= 4 is 44.7 Å². The smallest absolute Gasteiger partial charge is 0.312 e. The zero-order valence-electron chi connectivity index (χ0n) is 18.6. The number of halogens is 1. The predicted octanol–water partition coefficient (Wildman–Crippen LogP) is 0.199. The molecule has 3 saturated heterocycles. The predicted molar refractivity (Wildman–Crippen MR) is 121 cm³/mol. The lowest BCUT2D eigenvalue weighted by atomic mass is 9.70. The van der Waals surface area contributed by atoms with Crippen molar-refractivity contribution in [3.8, 4) is 0 Å². The van der Waals surface area contributed by atoms with Crippen LogP contribution in [0.4, 0.5) is 0 Å². The highest BCUT2D eigenvalue weighted by Gasteiger charge is 2.76. The maximum Gasteiger partial charge on any atom is 0.312 e. The number of nitrogens with one attached hydrogen (secondary N) is 1. The summed E-state index contributed by atoms with van der Waals surface area (Å²) in [7, 11) is 0. The molecule has 6 atom stereocenters. The number of carbonyl (C=O) groups is 3. The van der Waals surface area contributed by atoms with E-state index in [1.54, 1.807) is 11.6 Å². The summed E-state index contributed by atoms with van der Waals surface area (Å²) in [6.45, 7) is 2.00. The van der Waals surface area contributed by atoms with Gasteiger partial charge in [-0.05, 0) is 31.9 Å². The van der Waals surface area contributed by atoms with Gasteiger partial charge in [0.25, 0.3) is 0 Å². The van der Waals surface area contributed by atoms with E-state index in [1.165, 1.54) is 4.90 Å². The lowest BCUT2D eigenvalue weighted by Gasteiger charge is -2.33. The molecule has 2 N–H and O–H groups in total. The molecule has 1 unspecified atom stereocenters. The highest BCUT2D eigenvalue weighted by molar-refractivity contribution is 9.09. The average Bonchev–Trinajstić information content (AvgIpc) is 3.53. The fourth-order valence-corrected chi connectivity index (χ4v) is 6.65. The number of alkyl halides is 1. The molecule has 34 heavy (non-hydrogen) atoms. The molecular formula is C22H26BrN5O6. The molecule has 3 aliphatic heterocycles. The highest BCUT2D eigenvalue weighted by Crippen LogP contribution is 2.60. The molecule has 12 heteroatoms. The molecule has 2 amide bonds. The van der Waals surface area contributed by atoms with Crippen molar-refractivity contribution in [1.29, 1.82) is 0 Å². The molecule has 3 fully saturated rings. The second-order valence-electron chi connectivity index (χ2n) is 8.80. The van der Waals surface area contributed by atoms with Crippen molar-refractivity contribution in [2.24, 2.45) is 11.8 Å². The number of aromatic nitrogens is 3. The van der Waals surface area contributed by atoms with Gasteiger partial charge in [0.05, 0.1) is 30.1 Å². The van der Waals surface area contributed by atoms with Crippen LogP contribution in [0.2, 0.25) is 0 Å². The Labute approximate surface area is 203 Å². The van der Waals surface area contributed by atoms with E-state index in [9.17, 15) is 19.5 Å². The van der Waals surface area contributed by atoms with E-state index in [2.05, 4.69) is 31.6 Å². The van der Waals surface area contributed by atoms with E-state index in [4.69, 9.17) is 9.47 Å². The van der Waals surface area contributed by atoms with Crippen molar-refractivity contribution in [3.05, 3.63) is 24.3 Å². The highest BCUT2D eigenvalue weighted by atomic mass is 79.9. The molecule has 0 saturated carbocycles. The van der Waals surface area contributed by atoms with Gasteiger partial charge in [-0.15, -0.1) is 5.10 Å². The first kappa shape index (κ1) is 23.2. The van der Waals surface area contributed by atoms with Gasteiger partial charge < -0.3 is 24.8 Å². The minimum absolute atomic E-state index is 0.0566. The van der Waals surface area contributed by atoms with Crippen molar-refractivity contribution in [2.75, 3.05) is 19.8 Å². The molecule has 0 aliphatic carbocycles. The second kappa shape index (κ2) is 8.90. The van der Waals surface area contributed by atoms with Gasteiger partial charge in [0, 0.05) is 18.0 Å². The molecule has 4 heterocycles. The third kappa shape index (κ3) is 3.42. The summed E-state index contributed by atoms with van der Waals surface area (Å²) in [5, 5.41) is 20.4. The Morgan fingerprint density at radius 2 is 2.18 bits per heavy atom. The Kier molecular flexibility index (Phi) is 6.07. The maximum absolute atomic E-state index is 13.6. The van der Waals surface area contributed by atoms with E-state index < -0.39 is 41.5 Å². The largest absolute Gasteiger partial charge is 0.466 e. The number of likely N-dealkylation sites (tertiary alicyclic amines) is 1. The summed E-state index contributed by atoms with van der Waals surface area (Å²) in [5.74, 6) is -2.82. The van der Waals surface area contributed by atoms with Crippen molar-refractivity contribution in [3.63, 3.8) is 0 Å². The summed E-state index contributed by atoms with van der Waals surface area (Å²) in [5.41, 5.74) is 0.310. The number of carbonyl (C=O) groups excluding carboxylic acids is 3. The molecule has 0 radical (unpaired) electrons. The van der Waals surface area contributed by atoms with Crippen LogP contribution in [0.15, 0.2) is 24.3 Å². The van der Waals surface area contributed by atoms with Crippen LogP contribution < -0.4 is 5.32 Å². The number of aliphatic hydroxyl groups is 1. The quantitative estimate of drug-likeness (QED) is 0.361. The molecular weight excluding hydrogens is 510 g/mol. The van der Waals surface area contributed by atoms with Crippen LogP contribution in [0.3, 0.4) is 0 Å². The van der Waals surface area contributed by atoms with E-state index >= 15 is 0 Å². The summed E-state index contributed by atoms with van der Waals surface area (Å²) in [6.07, 6.45) is 0.156. The van der Waals surface area contributed by atoms with Crippen molar-refractivity contribution < 1.29 is 29.0 Å². The van der Waals surface area contributed by atoms with Crippen LogP contribution in [-0.2, 0) is 30.5 Å². The van der Waals surface area contributed by atoms with Crippen LogP contribution in [0.1, 0.15) is 19.8 Å². The van der Waals surface area contributed by atoms with E-state index in [0.717, 1.165) is 5.52 Å². The van der Waals surface area contributed by atoms with E-state index in [0.29, 0.717) is 18.4 Å². The number of para-hydroxylation sites is 1. The Balaban J connectivity index is 1.45. The SMILES string of the molecule is CCOC(=O)[C@@H]1[C@H]2O[C@@]3(CC2Br)[C@H](C(=O)NCn2nnc4ccccc42)N(CCCO)C(=O)[C@@H]13. The van der Waals surface area contributed by atoms with Crippen LogP contribution >= 0.6 is 15.9 Å². The first-order chi connectivity index (χ1) is 16.4. The summed E-state index contributed by atoms with van der Waals surface area (Å²) < 4.78 is 13.2. The lowest BCUT2D eigenvalue weighted by molar-refractivity contribution is -0.154. The Morgan fingerprint density at radius 1 is 1.38 bits per heavy atom. The van der Waals surface area contributed by atoms with Crippen molar-refractivity contribution in [1.82, 2.24) is 25.2 Å². The number of ether oxygens (including phenoxy) is 2. The monoisotopic (exact) mass is 535 g/mol. The van der Waals surface area contributed by atoms with Gasteiger partial charge >= 0.3 is 5.97 Å². The fourth-order valence-electron chi connectivity index (χ4n) is 5.70. The molecule has 11 nitrogen and oxygen atoms in total. The van der Waals surface area contributed by atoms with Gasteiger partial charge in [-0.25, -0.2) is 4.68 Å². The van der Waals surface area contributed by atoms with Gasteiger partial charge in [-0.3, -0.25) is 14.4 Å². The molecule has 182 valence electrons. The molecule has 1 aromatic heterocycles. The van der Waals surface area contributed by atoms with Crippen LogP contribution in [0.5, 0.6) is 0 Å². The van der Waals surface area contributed by atoms with E-state index in [1.807, 2.05) is 24.3 Å². The van der Waals surface area contributed by atoms with Gasteiger partial charge in [-0.1, -0.05) is 33.3 Å². The number of benzene rings is 1. The minimum atomic E-state index is -1.16. The van der Waals surface area contributed by atoms with Crippen molar-refractivity contribution in [2.45, 2.75) is 49.0 Å². The molecule has 2 bridgehead atoms. The zero-order chi connectivity index (χ0) is 24.0. The summed E-state index contributed by atoms with van der Waals surface area (Å²) >= 11 is 3.60. The summed E-state index contributed by atoms with van der Waals surface area (Å²) in [6, 6.07) is 6.44. The molecule has 5 rings (SSSR count). The van der Waals surface area contributed by atoms with E-state index in [-0.39, 0.29) is 37.2 Å². The second-order valence-corrected chi connectivity index (χ2v) is 9.98. The number of esters is 1. The number of amides is 2. The fraction of sp³-hybridized carbons (Fsp3) is 0.591. The summed E-state index contributed by atoms with van der Waals surface area (Å²) in [4.78, 5) is 41.2. The average molecular weight is 536 g/mol. The Hall–Kier alpha value is -2.57. The van der Waals surface area contributed by atoms with Crippen LogP contribution in [0, 0.1) is 11.8 Å². The molecule has 1 spiro atoms. The molecule has 3 aliphatic rings. The van der Waals surface area contributed by atoms with Gasteiger partial charge in [0.1, 0.15) is 23.8 Å². The Morgan fingerprint density at radius 3 is 2.94 bits per heavy atom. The minimum Gasteiger partial charge on any atom is -0.466 e. The Bertz CT molecular complexity index is 1130. The van der Waals surface area contributed by atoms with Crippen LogP contribution in [0.25, 0.3) is 11.0 Å². The van der Waals surface area contributed by atoms with Crippen LogP contribution in [-0.4, -0.2) is 85.1 Å². The first-order valence-electron chi connectivity index (χ1n) is 11.4. The number of nitrogens with zero attached hydrogens (tertiary/aromatic N) is 4. The third-order valence-electron chi connectivity index (χ3n) is 6.98. The molecule has 1 aromatic carbocycles. The topological polar surface area (TPSA) is 136 Å². The van der Waals surface area contributed by atoms with Gasteiger partial charge in [0.15, 0.2) is 0 Å². The third-order valence-corrected chi connectivity index (χ3v) is 7.82. The first-order valence-corrected chi connectivity index (χ1v) is 12.3. The maximum atomic E-state index is 13.6. The number of hydrogen-bond donors (Lipinski definition) is 2.